The minimum Gasteiger partial charge on any atom is -0.305 e. The fourth-order valence-corrected chi connectivity index (χ4v) is 3.23. The van der Waals surface area contributed by atoms with Crippen molar-refractivity contribution in [3.05, 3.63) is 5.82 Å². The summed E-state index contributed by atoms with van der Waals surface area (Å²) in [6.45, 7) is 7.21. The van der Waals surface area contributed by atoms with Crippen LogP contribution in [-0.2, 0) is 6.54 Å². The molecule has 1 fully saturated rings. The van der Waals surface area contributed by atoms with Gasteiger partial charge in [-0.05, 0) is 63.1 Å². The molecule has 1 aromatic rings. The number of rotatable bonds is 4. The lowest BCUT2D eigenvalue weighted by Gasteiger charge is -2.28. The Balaban J connectivity index is 1.96. The van der Waals surface area contributed by atoms with Gasteiger partial charge in [0.25, 0.3) is 0 Å². The Morgan fingerprint density at radius 2 is 1.95 bits per heavy atom. The second-order valence-corrected chi connectivity index (χ2v) is 7.45. The molecule has 1 aliphatic rings. The molecule has 0 atom stereocenters. The molecular weight excluding hydrogens is 258 g/mol. The zero-order valence-electron chi connectivity index (χ0n) is 12.4. The van der Waals surface area contributed by atoms with E-state index >= 15 is 0 Å². The van der Waals surface area contributed by atoms with E-state index in [1.165, 1.54) is 25.7 Å². The predicted molar refractivity (Wildman–Crippen MR) is 79.2 cm³/mol. The summed E-state index contributed by atoms with van der Waals surface area (Å²) < 4.78 is 2.04. The van der Waals surface area contributed by atoms with Crippen molar-refractivity contribution >= 4 is 11.8 Å². The van der Waals surface area contributed by atoms with Crippen molar-refractivity contribution in [2.24, 2.45) is 0 Å². The second-order valence-electron chi connectivity index (χ2n) is 6.31. The average Bonchev–Trinajstić information content (AvgIpc) is 2.84. The summed E-state index contributed by atoms with van der Waals surface area (Å²) in [5, 5.41) is 16.5. The minimum absolute atomic E-state index is 0.0906. The number of nitrogens with one attached hydrogen (secondary N) is 1. The normalized spacial score (nSPS) is 24.6. The van der Waals surface area contributed by atoms with Crippen LogP contribution in [0, 0.1) is 0 Å². The van der Waals surface area contributed by atoms with E-state index in [-0.39, 0.29) is 5.54 Å². The molecule has 1 aromatic heterocycles. The van der Waals surface area contributed by atoms with Gasteiger partial charge in [0, 0.05) is 10.8 Å². The Bertz CT molecular complexity index is 390. The van der Waals surface area contributed by atoms with Crippen molar-refractivity contribution in [1.82, 2.24) is 25.5 Å². The third kappa shape index (κ3) is 4.18. The number of thioether (sulfide) groups is 1. The average molecular weight is 283 g/mol. The van der Waals surface area contributed by atoms with Gasteiger partial charge in [0.1, 0.15) is 0 Å². The van der Waals surface area contributed by atoms with E-state index < -0.39 is 0 Å². The van der Waals surface area contributed by atoms with E-state index in [2.05, 4.69) is 47.9 Å². The number of nitrogens with zero attached hydrogens (tertiary/aromatic N) is 4. The molecule has 0 saturated heterocycles. The SMILES string of the molecule is CSC1CCC(n2nnnc2CNC(C)(C)C)CC1. The minimum atomic E-state index is 0.0906. The number of hydrogen-bond donors (Lipinski definition) is 1. The first-order valence-corrected chi connectivity index (χ1v) is 8.33. The number of hydrogen-bond acceptors (Lipinski definition) is 5. The molecule has 0 aromatic carbocycles. The van der Waals surface area contributed by atoms with Crippen LogP contribution in [0.2, 0.25) is 0 Å². The molecule has 1 aliphatic carbocycles. The molecule has 5 nitrogen and oxygen atoms in total. The maximum Gasteiger partial charge on any atom is 0.165 e. The summed E-state index contributed by atoms with van der Waals surface area (Å²) in [6.07, 6.45) is 7.15. The predicted octanol–water partition coefficient (Wildman–Crippen LogP) is 2.41. The first-order chi connectivity index (χ1) is 8.99. The first-order valence-electron chi connectivity index (χ1n) is 7.04. The fraction of sp³-hybridized carbons (Fsp3) is 0.923. The van der Waals surface area contributed by atoms with E-state index in [1.54, 1.807) is 0 Å². The molecule has 0 spiro atoms. The highest BCUT2D eigenvalue weighted by molar-refractivity contribution is 7.99. The maximum atomic E-state index is 4.20. The van der Waals surface area contributed by atoms with Crippen molar-refractivity contribution in [2.75, 3.05) is 6.26 Å². The molecule has 2 rings (SSSR count). The molecular formula is C13H25N5S. The van der Waals surface area contributed by atoms with Gasteiger partial charge >= 0.3 is 0 Å². The van der Waals surface area contributed by atoms with E-state index in [9.17, 15) is 0 Å². The van der Waals surface area contributed by atoms with Gasteiger partial charge in [0.2, 0.25) is 0 Å². The molecule has 0 radical (unpaired) electrons. The Hall–Kier alpha value is -0.620. The van der Waals surface area contributed by atoms with Crippen molar-refractivity contribution in [3.63, 3.8) is 0 Å². The van der Waals surface area contributed by atoms with Crippen molar-refractivity contribution in [3.8, 4) is 0 Å². The number of aromatic nitrogens is 4. The first kappa shape index (κ1) is 14.8. The summed E-state index contributed by atoms with van der Waals surface area (Å²) in [4.78, 5) is 0. The van der Waals surface area contributed by atoms with Crippen LogP contribution in [0.25, 0.3) is 0 Å². The van der Waals surface area contributed by atoms with Crippen molar-refractivity contribution in [1.29, 1.82) is 0 Å². The topological polar surface area (TPSA) is 55.6 Å². The molecule has 0 unspecified atom stereocenters. The standard InChI is InChI=1S/C13H25N5S/c1-13(2,3)14-9-12-15-16-17-18(12)10-5-7-11(19-4)8-6-10/h10-11,14H,5-9H2,1-4H3. The molecule has 6 heteroatoms. The molecule has 1 N–H and O–H groups in total. The zero-order valence-corrected chi connectivity index (χ0v) is 13.2. The smallest absolute Gasteiger partial charge is 0.165 e. The maximum absolute atomic E-state index is 4.20. The lowest BCUT2D eigenvalue weighted by Crippen LogP contribution is -2.36. The van der Waals surface area contributed by atoms with Gasteiger partial charge in [-0.2, -0.15) is 11.8 Å². The van der Waals surface area contributed by atoms with Crippen LogP contribution in [0.4, 0.5) is 0 Å². The summed E-state index contributed by atoms with van der Waals surface area (Å²) in [6, 6.07) is 0.482. The van der Waals surface area contributed by atoms with Crippen LogP contribution in [0.5, 0.6) is 0 Å². The van der Waals surface area contributed by atoms with Crippen LogP contribution in [0.1, 0.15) is 58.3 Å². The highest BCUT2D eigenvalue weighted by Crippen LogP contribution is 2.33. The van der Waals surface area contributed by atoms with Gasteiger partial charge in [-0.1, -0.05) is 0 Å². The largest absolute Gasteiger partial charge is 0.305 e. The van der Waals surface area contributed by atoms with E-state index in [1.807, 2.05) is 16.4 Å². The fourth-order valence-electron chi connectivity index (χ4n) is 2.48. The summed E-state index contributed by atoms with van der Waals surface area (Å²) in [5.74, 6) is 0.961. The lowest BCUT2D eigenvalue weighted by molar-refractivity contribution is 0.314. The van der Waals surface area contributed by atoms with Crippen LogP contribution in [-0.4, -0.2) is 37.3 Å². The third-order valence-corrected chi connectivity index (χ3v) is 4.80. The van der Waals surface area contributed by atoms with Crippen LogP contribution >= 0.6 is 11.8 Å². The lowest BCUT2D eigenvalue weighted by atomic mass is 9.95. The van der Waals surface area contributed by atoms with Gasteiger partial charge in [-0.3, -0.25) is 0 Å². The van der Waals surface area contributed by atoms with Gasteiger partial charge < -0.3 is 5.32 Å². The summed E-state index contributed by atoms with van der Waals surface area (Å²) >= 11 is 1.99. The highest BCUT2D eigenvalue weighted by Gasteiger charge is 2.25. The highest BCUT2D eigenvalue weighted by atomic mass is 32.2. The second kappa shape index (κ2) is 6.22. The molecule has 0 aliphatic heterocycles. The Kier molecular flexibility index (Phi) is 4.84. The summed E-state index contributed by atoms with van der Waals surface area (Å²) in [7, 11) is 0. The van der Waals surface area contributed by atoms with E-state index in [0.29, 0.717) is 6.04 Å². The zero-order chi connectivity index (χ0) is 13.9. The number of tetrazole rings is 1. The van der Waals surface area contributed by atoms with Gasteiger partial charge in [0.15, 0.2) is 5.82 Å². The van der Waals surface area contributed by atoms with E-state index in [0.717, 1.165) is 17.6 Å². The van der Waals surface area contributed by atoms with Crippen LogP contribution < -0.4 is 5.32 Å². The Morgan fingerprint density at radius 3 is 2.53 bits per heavy atom. The van der Waals surface area contributed by atoms with E-state index in [4.69, 9.17) is 0 Å². The Morgan fingerprint density at radius 1 is 1.26 bits per heavy atom. The third-order valence-electron chi connectivity index (χ3n) is 3.66. The molecule has 108 valence electrons. The summed E-state index contributed by atoms with van der Waals surface area (Å²) in [5.41, 5.74) is 0.0906. The molecule has 0 amide bonds. The molecule has 0 bridgehead atoms. The van der Waals surface area contributed by atoms with Crippen molar-refractivity contribution in [2.45, 2.75) is 69.8 Å². The van der Waals surface area contributed by atoms with Gasteiger partial charge in [0.05, 0.1) is 12.6 Å². The molecule has 1 heterocycles. The van der Waals surface area contributed by atoms with Crippen LogP contribution in [0.3, 0.4) is 0 Å². The molecule has 1 saturated carbocycles. The molecule has 19 heavy (non-hydrogen) atoms. The van der Waals surface area contributed by atoms with Crippen LogP contribution in [0.15, 0.2) is 0 Å². The van der Waals surface area contributed by atoms with Gasteiger partial charge in [-0.25, -0.2) is 4.68 Å². The van der Waals surface area contributed by atoms with Gasteiger partial charge in [-0.15, -0.1) is 5.10 Å². The van der Waals surface area contributed by atoms with Crippen molar-refractivity contribution < 1.29 is 0 Å². The monoisotopic (exact) mass is 283 g/mol. The quantitative estimate of drug-likeness (QED) is 0.919. The Labute approximate surface area is 119 Å².